The van der Waals surface area contributed by atoms with Crippen LogP contribution in [0.25, 0.3) is 0 Å². The van der Waals surface area contributed by atoms with E-state index >= 15 is 0 Å². The third-order valence-electron chi connectivity index (χ3n) is 2.53. The SMILES string of the molecule is Cc1ccc([C@@H]2CCOC(=O)N2)cc1Br.Cl. The van der Waals surface area contributed by atoms with Crippen LogP contribution in [0.1, 0.15) is 23.6 Å². The Balaban J connectivity index is 0.00000128. The molecule has 88 valence electrons. The summed E-state index contributed by atoms with van der Waals surface area (Å²) in [5.41, 5.74) is 2.31. The molecule has 0 bridgehead atoms. The van der Waals surface area contributed by atoms with Gasteiger partial charge in [-0.15, -0.1) is 12.4 Å². The topological polar surface area (TPSA) is 38.3 Å². The van der Waals surface area contributed by atoms with Crippen molar-refractivity contribution in [2.24, 2.45) is 0 Å². The van der Waals surface area contributed by atoms with Crippen molar-refractivity contribution in [2.45, 2.75) is 19.4 Å². The molecule has 1 fully saturated rings. The molecule has 5 heteroatoms. The number of cyclic esters (lactones) is 1. The van der Waals surface area contributed by atoms with E-state index in [0.29, 0.717) is 6.61 Å². The first-order chi connectivity index (χ1) is 7.16. The molecular formula is C11H13BrClNO2. The standard InChI is InChI=1S/C11H12BrNO2.ClH/c1-7-2-3-8(6-9(7)12)10-4-5-15-11(14)13-10;/h2-3,6,10H,4-5H2,1H3,(H,13,14);1H/t10-;/m0./s1. The van der Waals surface area contributed by atoms with Gasteiger partial charge in [-0.3, -0.25) is 0 Å². The zero-order chi connectivity index (χ0) is 10.8. The summed E-state index contributed by atoms with van der Waals surface area (Å²) in [7, 11) is 0. The van der Waals surface area contributed by atoms with E-state index in [1.54, 1.807) is 0 Å². The number of alkyl carbamates (subject to hydrolysis) is 1. The molecule has 1 saturated heterocycles. The van der Waals surface area contributed by atoms with Crippen LogP contribution in [0.2, 0.25) is 0 Å². The number of benzene rings is 1. The minimum atomic E-state index is -0.331. The number of nitrogens with one attached hydrogen (secondary N) is 1. The highest BCUT2D eigenvalue weighted by Crippen LogP contribution is 2.25. The first-order valence-corrected chi connectivity index (χ1v) is 5.65. The predicted molar refractivity (Wildman–Crippen MR) is 68.0 cm³/mol. The van der Waals surface area contributed by atoms with Crippen LogP contribution in [0.3, 0.4) is 0 Å². The van der Waals surface area contributed by atoms with Gasteiger partial charge in [0.1, 0.15) is 0 Å². The average molecular weight is 307 g/mol. The van der Waals surface area contributed by atoms with Gasteiger partial charge in [0.25, 0.3) is 0 Å². The van der Waals surface area contributed by atoms with Gasteiger partial charge in [0.05, 0.1) is 12.6 Å². The Morgan fingerprint density at radius 1 is 1.50 bits per heavy atom. The number of carbonyl (C=O) groups excluding carboxylic acids is 1. The van der Waals surface area contributed by atoms with Crippen molar-refractivity contribution in [2.75, 3.05) is 6.61 Å². The van der Waals surface area contributed by atoms with E-state index in [9.17, 15) is 4.79 Å². The number of rotatable bonds is 1. The largest absolute Gasteiger partial charge is 0.449 e. The van der Waals surface area contributed by atoms with Crippen molar-refractivity contribution in [3.05, 3.63) is 33.8 Å². The number of ether oxygens (including phenoxy) is 1. The zero-order valence-electron chi connectivity index (χ0n) is 8.83. The van der Waals surface area contributed by atoms with E-state index in [1.165, 1.54) is 5.56 Å². The van der Waals surface area contributed by atoms with Crippen LogP contribution in [-0.4, -0.2) is 12.7 Å². The molecule has 16 heavy (non-hydrogen) atoms. The second-order valence-electron chi connectivity index (χ2n) is 3.63. The monoisotopic (exact) mass is 305 g/mol. The molecule has 1 aliphatic heterocycles. The molecule has 1 amide bonds. The van der Waals surface area contributed by atoms with Crippen molar-refractivity contribution in [3.8, 4) is 0 Å². The number of amides is 1. The molecular weight excluding hydrogens is 293 g/mol. The van der Waals surface area contributed by atoms with Gasteiger partial charge in [0, 0.05) is 10.9 Å². The number of halogens is 2. The maximum Gasteiger partial charge on any atom is 0.407 e. The van der Waals surface area contributed by atoms with Gasteiger partial charge in [-0.05, 0) is 24.1 Å². The first kappa shape index (κ1) is 13.3. The normalized spacial score (nSPS) is 19.4. The van der Waals surface area contributed by atoms with Gasteiger partial charge in [-0.25, -0.2) is 4.79 Å². The third-order valence-corrected chi connectivity index (χ3v) is 3.38. The van der Waals surface area contributed by atoms with E-state index in [-0.39, 0.29) is 24.5 Å². The second kappa shape index (κ2) is 5.55. The molecule has 1 heterocycles. The number of hydrogen-bond donors (Lipinski definition) is 1. The summed E-state index contributed by atoms with van der Waals surface area (Å²) in [5, 5.41) is 2.80. The summed E-state index contributed by atoms with van der Waals surface area (Å²) < 4.78 is 5.89. The fourth-order valence-corrected chi connectivity index (χ4v) is 2.00. The van der Waals surface area contributed by atoms with E-state index in [4.69, 9.17) is 4.74 Å². The van der Waals surface area contributed by atoms with Crippen molar-refractivity contribution >= 4 is 34.4 Å². The predicted octanol–water partition coefficient (Wildman–Crippen LogP) is 3.35. The summed E-state index contributed by atoms with van der Waals surface area (Å²) in [5.74, 6) is 0. The highest BCUT2D eigenvalue weighted by molar-refractivity contribution is 9.10. The van der Waals surface area contributed by atoms with Crippen LogP contribution >= 0.6 is 28.3 Å². The zero-order valence-corrected chi connectivity index (χ0v) is 11.2. The Labute approximate surface area is 109 Å². The lowest BCUT2D eigenvalue weighted by Gasteiger charge is -2.24. The molecule has 0 saturated carbocycles. The molecule has 1 aromatic rings. The molecule has 2 rings (SSSR count). The molecule has 1 atom stereocenters. The van der Waals surface area contributed by atoms with Crippen molar-refractivity contribution in [1.29, 1.82) is 0 Å². The molecule has 0 aliphatic carbocycles. The lowest BCUT2D eigenvalue weighted by atomic mass is 10.0. The fourth-order valence-electron chi connectivity index (χ4n) is 1.60. The Hall–Kier alpha value is -0.740. The molecule has 1 N–H and O–H groups in total. The first-order valence-electron chi connectivity index (χ1n) is 4.86. The van der Waals surface area contributed by atoms with Crippen LogP contribution in [0.15, 0.2) is 22.7 Å². The van der Waals surface area contributed by atoms with E-state index in [0.717, 1.165) is 16.5 Å². The molecule has 0 radical (unpaired) electrons. The Bertz CT molecular complexity index is 398. The van der Waals surface area contributed by atoms with E-state index in [1.807, 2.05) is 25.1 Å². The summed E-state index contributed by atoms with van der Waals surface area (Å²) >= 11 is 3.48. The minimum absolute atomic E-state index is 0. The maximum atomic E-state index is 11.1. The summed E-state index contributed by atoms with van der Waals surface area (Å²) in [6.07, 6.45) is 0.490. The van der Waals surface area contributed by atoms with Crippen LogP contribution in [0.4, 0.5) is 4.79 Å². The number of hydrogen-bond acceptors (Lipinski definition) is 2. The van der Waals surface area contributed by atoms with Crippen LogP contribution in [0, 0.1) is 6.92 Å². The summed E-state index contributed by atoms with van der Waals surface area (Å²) in [6, 6.07) is 6.20. The molecule has 0 aromatic heterocycles. The second-order valence-corrected chi connectivity index (χ2v) is 4.48. The molecule has 1 aromatic carbocycles. The lowest BCUT2D eigenvalue weighted by Crippen LogP contribution is -2.35. The average Bonchev–Trinajstić information content (AvgIpc) is 2.22. The molecule has 0 unspecified atom stereocenters. The Morgan fingerprint density at radius 2 is 2.25 bits per heavy atom. The van der Waals surface area contributed by atoms with Crippen LogP contribution < -0.4 is 5.32 Å². The van der Waals surface area contributed by atoms with Crippen LogP contribution in [-0.2, 0) is 4.74 Å². The highest BCUT2D eigenvalue weighted by Gasteiger charge is 2.20. The summed E-state index contributed by atoms with van der Waals surface area (Å²) in [4.78, 5) is 11.1. The van der Waals surface area contributed by atoms with Gasteiger partial charge >= 0.3 is 6.09 Å². The molecule has 1 aliphatic rings. The van der Waals surface area contributed by atoms with Crippen molar-refractivity contribution < 1.29 is 9.53 Å². The van der Waals surface area contributed by atoms with Crippen LogP contribution in [0.5, 0.6) is 0 Å². The summed E-state index contributed by atoms with van der Waals surface area (Å²) in [6.45, 7) is 2.53. The van der Waals surface area contributed by atoms with Gasteiger partial charge in [-0.1, -0.05) is 28.1 Å². The number of aryl methyl sites for hydroxylation is 1. The third kappa shape index (κ3) is 2.89. The maximum absolute atomic E-state index is 11.1. The van der Waals surface area contributed by atoms with Gasteiger partial charge in [0.2, 0.25) is 0 Å². The van der Waals surface area contributed by atoms with E-state index < -0.39 is 0 Å². The lowest BCUT2D eigenvalue weighted by molar-refractivity contribution is 0.115. The fraction of sp³-hybridized carbons (Fsp3) is 0.364. The van der Waals surface area contributed by atoms with Crippen molar-refractivity contribution in [1.82, 2.24) is 5.32 Å². The van der Waals surface area contributed by atoms with Crippen molar-refractivity contribution in [3.63, 3.8) is 0 Å². The molecule has 0 spiro atoms. The van der Waals surface area contributed by atoms with E-state index in [2.05, 4.69) is 21.2 Å². The molecule has 3 nitrogen and oxygen atoms in total. The quantitative estimate of drug-likeness (QED) is 0.864. The van der Waals surface area contributed by atoms with Gasteiger partial charge in [-0.2, -0.15) is 0 Å². The highest BCUT2D eigenvalue weighted by atomic mass is 79.9. The number of carbonyl (C=O) groups is 1. The van der Waals surface area contributed by atoms with Gasteiger partial charge < -0.3 is 10.1 Å². The minimum Gasteiger partial charge on any atom is -0.449 e. The Morgan fingerprint density at radius 3 is 2.88 bits per heavy atom. The smallest absolute Gasteiger partial charge is 0.407 e. The van der Waals surface area contributed by atoms with Gasteiger partial charge in [0.15, 0.2) is 0 Å². The Kier molecular flexibility index (Phi) is 4.62.